The van der Waals surface area contributed by atoms with Gasteiger partial charge in [0.25, 0.3) is 14.4 Å². The van der Waals surface area contributed by atoms with Crippen LogP contribution in [0.2, 0.25) is 0 Å². The van der Waals surface area contributed by atoms with E-state index in [9.17, 15) is 13.2 Å². The third-order valence-corrected chi connectivity index (χ3v) is 4.75. The Hall–Kier alpha value is -2.51. The lowest BCUT2D eigenvalue weighted by molar-refractivity contribution is -0.114. The van der Waals surface area contributed by atoms with E-state index in [4.69, 9.17) is 5.26 Å². The Bertz CT molecular complexity index is 822. The van der Waals surface area contributed by atoms with E-state index in [0.717, 1.165) is 11.3 Å². The molecular formula is C11H9N5O3S2. The molecule has 0 fully saturated rings. The van der Waals surface area contributed by atoms with Gasteiger partial charge in [0, 0.05) is 6.92 Å². The standard InChI is InChI=1S/C11H9N5O3S2/c1-7(17)13-10-14-15-11(20-10)21(18,19)16-9-4-2-3-8(5-9)6-12/h2-5,16H,1H3,(H,13,14,17). The summed E-state index contributed by atoms with van der Waals surface area (Å²) < 4.78 is 26.2. The lowest BCUT2D eigenvalue weighted by Gasteiger charge is -2.04. The molecule has 0 saturated heterocycles. The van der Waals surface area contributed by atoms with Gasteiger partial charge in [-0.25, -0.2) is 0 Å². The van der Waals surface area contributed by atoms with Crippen LogP contribution in [0.25, 0.3) is 0 Å². The van der Waals surface area contributed by atoms with Crippen molar-refractivity contribution in [2.24, 2.45) is 0 Å². The van der Waals surface area contributed by atoms with Crippen LogP contribution in [0.15, 0.2) is 28.6 Å². The summed E-state index contributed by atoms with van der Waals surface area (Å²) in [5.74, 6) is -0.371. The van der Waals surface area contributed by atoms with Crippen molar-refractivity contribution in [3.05, 3.63) is 29.8 Å². The molecule has 0 aliphatic rings. The number of carbonyl (C=O) groups excluding carboxylic acids is 1. The maximum atomic E-state index is 12.1. The van der Waals surface area contributed by atoms with Gasteiger partial charge in [0.1, 0.15) is 0 Å². The van der Waals surface area contributed by atoms with E-state index < -0.39 is 10.0 Å². The molecule has 0 radical (unpaired) electrons. The number of sulfonamides is 1. The topological polar surface area (TPSA) is 125 Å². The van der Waals surface area contributed by atoms with Crippen LogP contribution in [-0.2, 0) is 14.8 Å². The summed E-state index contributed by atoms with van der Waals surface area (Å²) in [4.78, 5) is 10.9. The Morgan fingerprint density at radius 1 is 1.38 bits per heavy atom. The highest BCUT2D eigenvalue weighted by Gasteiger charge is 2.20. The maximum absolute atomic E-state index is 12.1. The summed E-state index contributed by atoms with van der Waals surface area (Å²) in [5, 5.41) is 18.3. The molecule has 1 aromatic carbocycles. The molecule has 2 N–H and O–H groups in total. The molecule has 2 rings (SSSR count). The first-order valence-electron chi connectivity index (χ1n) is 5.55. The number of nitriles is 1. The average Bonchev–Trinajstić information content (AvgIpc) is 2.87. The fourth-order valence-electron chi connectivity index (χ4n) is 1.37. The number of benzene rings is 1. The largest absolute Gasteiger partial charge is 0.301 e. The van der Waals surface area contributed by atoms with Gasteiger partial charge in [0.2, 0.25) is 11.0 Å². The van der Waals surface area contributed by atoms with Gasteiger partial charge in [0.15, 0.2) is 0 Å². The van der Waals surface area contributed by atoms with Crippen molar-refractivity contribution in [3.8, 4) is 6.07 Å². The monoisotopic (exact) mass is 323 g/mol. The summed E-state index contributed by atoms with van der Waals surface area (Å²) in [7, 11) is -3.92. The lowest BCUT2D eigenvalue weighted by atomic mass is 10.2. The zero-order valence-corrected chi connectivity index (χ0v) is 12.3. The minimum atomic E-state index is -3.92. The van der Waals surface area contributed by atoms with Gasteiger partial charge in [-0.1, -0.05) is 17.4 Å². The first-order valence-corrected chi connectivity index (χ1v) is 7.85. The first-order chi connectivity index (χ1) is 9.90. The predicted octanol–water partition coefficient (Wildman–Crippen LogP) is 1.17. The molecule has 1 heterocycles. The summed E-state index contributed by atoms with van der Waals surface area (Å²) in [5.41, 5.74) is 0.566. The first kappa shape index (κ1) is 14.9. The molecule has 0 bridgehead atoms. The van der Waals surface area contributed by atoms with Crippen molar-refractivity contribution in [2.75, 3.05) is 10.0 Å². The Balaban J connectivity index is 2.23. The second-order valence-electron chi connectivity index (χ2n) is 3.85. The van der Waals surface area contributed by atoms with Gasteiger partial charge in [-0.3, -0.25) is 9.52 Å². The third kappa shape index (κ3) is 3.74. The number of hydrogen-bond donors (Lipinski definition) is 2. The molecule has 0 aliphatic heterocycles. The van der Waals surface area contributed by atoms with E-state index in [0.29, 0.717) is 5.56 Å². The molecule has 8 nitrogen and oxygen atoms in total. The highest BCUT2D eigenvalue weighted by atomic mass is 32.2. The number of carbonyl (C=O) groups is 1. The quantitative estimate of drug-likeness (QED) is 0.814. The normalized spacial score (nSPS) is 10.7. The van der Waals surface area contributed by atoms with Crippen LogP contribution in [0, 0.1) is 11.3 Å². The molecule has 1 amide bonds. The molecule has 0 unspecified atom stereocenters. The molecule has 108 valence electrons. The molecule has 0 saturated carbocycles. The molecule has 0 spiro atoms. The Morgan fingerprint density at radius 3 is 2.81 bits per heavy atom. The number of hydrogen-bond acceptors (Lipinski definition) is 7. The van der Waals surface area contributed by atoms with Crippen molar-refractivity contribution in [1.29, 1.82) is 5.26 Å². The van der Waals surface area contributed by atoms with Gasteiger partial charge in [-0.2, -0.15) is 13.7 Å². The summed E-state index contributed by atoms with van der Waals surface area (Å²) >= 11 is 0.728. The fraction of sp³-hybridized carbons (Fsp3) is 0.0909. The number of anilines is 2. The zero-order valence-electron chi connectivity index (χ0n) is 10.7. The predicted molar refractivity (Wildman–Crippen MR) is 76.2 cm³/mol. The average molecular weight is 323 g/mol. The lowest BCUT2D eigenvalue weighted by Crippen LogP contribution is -2.12. The molecular weight excluding hydrogens is 314 g/mol. The SMILES string of the molecule is CC(=O)Nc1nnc(S(=O)(=O)Nc2cccc(C#N)c2)s1. The number of aromatic nitrogens is 2. The van der Waals surface area contributed by atoms with E-state index in [1.54, 1.807) is 12.1 Å². The van der Waals surface area contributed by atoms with E-state index in [1.165, 1.54) is 19.1 Å². The van der Waals surface area contributed by atoms with Crippen molar-refractivity contribution >= 4 is 38.1 Å². The van der Waals surface area contributed by atoms with Crippen LogP contribution in [0.5, 0.6) is 0 Å². The van der Waals surface area contributed by atoms with Crippen molar-refractivity contribution < 1.29 is 13.2 Å². The minimum Gasteiger partial charge on any atom is -0.301 e. The Labute approximate surface area is 124 Å². The molecule has 2 aromatic rings. The van der Waals surface area contributed by atoms with Crippen LogP contribution in [0.1, 0.15) is 12.5 Å². The van der Waals surface area contributed by atoms with Crippen molar-refractivity contribution in [3.63, 3.8) is 0 Å². The number of nitrogens with one attached hydrogen (secondary N) is 2. The van der Waals surface area contributed by atoms with Crippen molar-refractivity contribution in [2.45, 2.75) is 11.3 Å². The van der Waals surface area contributed by atoms with Crippen LogP contribution in [0.3, 0.4) is 0 Å². The molecule has 10 heteroatoms. The smallest absolute Gasteiger partial charge is 0.291 e. The van der Waals surface area contributed by atoms with E-state index >= 15 is 0 Å². The highest BCUT2D eigenvalue weighted by Crippen LogP contribution is 2.22. The van der Waals surface area contributed by atoms with Crippen LogP contribution in [0.4, 0.5) is 10.8 Å². The number of rotatable bonds is 4. The number of nitrogens with zero attached hydrogens (tertiary/aromatic N) is 3. The second kappa shape index (κ2) is 5.86. The van der Waals surface area contributed by atoms with Crippen LogP contribution in [-0.4, -0.2) is 24.5 Å². The van der Waals surface area contributed by atoms with Gasteiger partial charge in [0.05, 0.1) is 17.3 Å². The zero-order chi connectivity index (χ0) is 15.5. The highest BCUT2D eigenvalue weighted by molar-refractivity contribution is 7.94. The summed E-state index contributed by atoms with van der Waals surface area (Å²) in [6.45, 7) is 1.28. The van der Waals surface area contributed by atoms with Crippen molar-refractivity contribution in [1.82, 2.24) is 10.2 Å². The van der Waals surface area contributed by atoms with E-state index in [1.807, 2.05) is 6.07 Å². The van der Waals surface area contributed by atoms with E-state index in [2.05, 4.69) is 20.2 Å². The fourth-order valence-corrected chi connectivity index (χ4v) is 3.37. The van der Waals surface area contributed by atoms with Crippen LogP contribution >= 0.6 is 11.3 Å². The van der Waals surface area contributed by atoms with Gasteiger partial charge in [-0.05, 0) is 18.2 Å². The second-order valence-corrected chi connectivity index (χ2v) is 6.69. The Morgan fingerprint density at radius 2 is 2.14 bits per heavy atom. The third-order valence-electron chi connectivity index (χ3n) is 2.16. The molecule has 0 aliphatic carbocycles. The van der Waals surface area contributed by atoms with E-state index in [-0.39, 0.29) is 21.1 Å². The molecule has 21 heavy (non-hydrogen) atoms. The maximum Gasteiger partial charge on any atom is 0.291 e. The minimum absolute atomic E-state index is 0.0913. The number of amides is 1. The van der Waals surface area contributed by atoms with Gasteiger partial charge in [-0.15, -0.1) is 10.2 Å². The summed E-state index contributed by atoms with van der Waals surface area (Å²) in [6, 6.07) is 7.92. The van der Waals surface area contributed by atoms with Gasteiger partial charge < -0.3 is 5.32 Å². The van der Waals surface area contributed by atoms with Gasteiger partial charge >= 0.3 is 0 Å². The molecule has 0 atom stereocenters. The van der Waals surface area contributed by atoms with Crippen LogP contribution < -0.4 is 10.0 Å². The Kier molecular flexibility index (Phi) is 4.15. The summed E-state index contributed by atoms with van der Waals surface area (Å²) in [6.07, 6.45) is 0. The molecule has 1 aromatic heterocycles.